The zero-order chi connectivity index (χ0) is 17.3. The van der Waals surface area contributed by atoms with Crippen LogP contribution in [-0.4, -0.2) is 79.6 Å². The second-order valence-electron chi connectivity index (χ2n) is 6.71. The van der Waals surface area contributed by atoms with Gasteiger partial charge in [0.25, 0.3) is 0 Å². The monoisotopic (exact) mass is 489 g/mol. The lowest BCUT2D eigenvalue weighted by atomic mass is 10.2. The molecule has 2 aliphatic heterocycles. The van der Waals surface area contributed by atoms with Gasteiger partial charge >= 0.3 is 0 Å². The molecule has 2 N–H and O–H groups in total. The summed E-state index contributed by atoms with van der Waals surface area (Å²) in [6.45, 7) is 8.71. The Labute approximate surface area is 179 Å². The number of piperazine rings is 1. The van der Waals surface area contributed by atoms with Crippen molar-refractivity contribution in [2.45, 2.75) is 12.8 Å². The number of hydrogen-bond acceptors (Lipinski definition) is 4. The molecule has 0 amide bonds. The van der Waals surface area contributed by atoms with Gasteiger partial charge in [-0.1, -0.05) is 18.2 Å². The first kappa shape index (κ1) is 21.6. The third-order valence-electron chi connectivity index (χ3n) is 4.98. The summed E-state index contributed by atoms with van der Waals surface area (Å²) in [5, 5.41) is 0. The van der Waals surface area contributed by atoms with Crippen molar-refractivity contribution in [3.8, 4) is 0 Å². The lowest BCUT2D eigenvalue weighted by Gasteiger charge is -2.36. The van der Waals surface area contributed by atoms with E-state index in [1.807, 2.05) is 11.8 Å². The molecule has 0 saturated carbocycles. The number of hydrogen-bond donors (Lipinski definition) is 1. The van der Waals surface area contributed by atoms with E-state index in [2.05, 4.69) is 50.0 Å². The van der Waals surface area contributed by atoms with Gasteiger partial charge in [-0.2, -0.15) is 11.8 Å². The van der Waals surface area contributed by atoms with E-state index in [1.165, 1.54) is 30.2 Å². The van der Waals surface area contributed by atoms with E-state index in [1.54, 1.807) is 0 Å². The highest BCUT2D eigenvalue weighted by Gasteiger charge is 2.16. The topological polar surface area (TPSA) is 48.1 Å². The Morgan fingerprint density at radius 3 is 2.35 bits per heavy atom. The van der Waals surface area contributed by atoms with Gasteiger partial charge in [-0.25, -0.2) is 0 Å². The van der Waals surface area contributed by atoms with Crippen LogP contribution in [0.5, 0.6) is 0 Å². The minimum atomic E-state index is 0. The number of nitrogens with zero attached hydrogens (tertiary/aromatic N) is 4. The molecule has 2 aliphatic rings. The van der Waals surface area contributed by atoms with Crippen LogP contribution in [0.25, 0.3) is 0 Å². The summed E-state index contributed by atoms with van der Waals surface area (Å²) >= 11 is 2.00. The minimum absolute atomic E-state index is 0. The van der Waals surface area contributed by atoms with Crippen LogP contribution in [0.15, 0.2) is 35.3 Å². The molecule has 0 radical (unpaired) electrons. The Balaban J connectivity index is 0.00000243. The van der Waals surface area contributed by atoms with Crippen molar-refractivity contribution in [3.63, 3.8) is 0 Å². The molecule has 0 bridgehead atoms. The summed E-state index contributed by atoms with van der Waals surface area (Å²) in [4.78, 5) is 11.9. The summed E-state index contributed by atoms with van der Waals surface area (Å²) < 4.78 is 0. The molecule has 5 nitrogen and oxygen atoms in total. The third kappa shape index (κ3) is 6.81. The number of nitrogens with two attached hydrogens (primary N) is 1. The number of thioether (sulfide) groups is 1. The standard InChI is InChI=1S/C19H31N5S.HI/c20-19(24-14-16-25-17-15-24)21-8-4-5-9-22-10-12-23(13-11-22)18-6-2-1-3-7-18;/h1-3,6-7H,4-5,8-17H2,(H2,20,21);1H. The molecule has 7 heteroatoms. The number of aliphatic imine (C=N–C) groups is 1. The van der Waals surface area contributed by atoms with Crippen molar-refractivity contribution in [1.82, 2.24) is 9.80 Å². The molecule has 2 fully saturated rings. The minimum Gasteiger partial charge on any atom is -0.370 e. The number of rotatable bonds is 6. The van der Waals surface area contributed by atoms with Crippen molar-refractivity contribution < 1.29 is 0 Å². The smallest absolute Gasteiger partial charge is 0.191 e. The Hall–Kier alpha value is -0.670. The molecule has 26 heavy (non-hydrogen) atoms. The fourth-order valence-electron chi connectivity index (χ4n) is 3.40. The zero-order valence-corrected chi connectivity index (χ0v) is 18.7. The van der Waals surface area contributed by atoms with Crippen LogP contribution in [0, 0.1) is 0 Å². The number of benzene rings is 1. The molecule has 0 unspecified atom stereocenters. The van der Waals surface area contributed by atoms with Gasteiger partial charge in [0.2, 0.25) is 0 Å². The van der Waals surface area contributed by atoms with Gasteiger partial charge in [-0.05, 0) is 31.5 Å². The van der Waals surface area contributed by atoms with Gasteiger partial charge in [0, 0.05) is 63.0 Å². The fraction of sp³-hybridized carbons (Fsp3) is 0.632. The van der Waals surface area contributed by atoms with E-state index in [0.717, 1.165) is 58.2 Å². The summed E-state index contributed by atoms with van der Waals surface area (Å²) in [7, 11) is 0. The first-order valence-electron chi connectivity index (χ1n) is 9.48. The van der Waals surface area contributed by atoms with E-state index in [4.69, 9.17) is 5.73 Å². The Bertz CT molecular complexity index is 528. The van der Waals surface area contributed by atoms with Gasteiger partial charge in [-0.3, -0.25) is 9.89 Å². The second kappa shape index (κ2) is 11.9. The lowest BCUT2D eigenvalue weighted by molar-refractivity contribution is 0.253. The van der Waals surface area contributed by atoms with Gasteiger partial charge in [0.1, 0.15) is 0 Å². The molecular formula is C19H32IN5S. The molecule has 0 spiro atoms. The third-order valence-corrected chi connectivity index (χ3v) is 5.93. The van der Waals surface area contributed by atoms with Crippen LogP contribution in [0.2, 0.25) is 0 Å². The van der Waals surface area contributed by atoms with Crippen molar-refractivity contribution in [3.05, 3.63) is 30.3 Å². The summed E-state index contributed by atoms with van der Waals surface area (Å²) in [6.07, 6.45) is 2.33. The molecule has 2 heterocycles. The Kier molecular flexibility index (Phi) is 9.92. The predicted octanol–water partition coefficient (Wildman–Crippen LogP) is 2.57. The van der Waals surface area contributed by atoms with Gasteiger partial charge in [0.05, 0.1) is 0 Å². The van der Waals surface area contributed by atoms with Crippen molar-refractivity contribution in [2.24, 2.45) is 10.7 Å². The van der Waals surface area contributed by atoms with Crippen LogP contribution in [-0.2, 0) is 0 Å². The maximum Gasteiger partial charge on any atom is 0.191 e. The largest absolute Gasteiger partial charge is 0.370 e. The molecule has 146 valence electrons. The summed E-state index contributed by atoms with van der Waals surface area (Å²) in [5.74, 6) is 3.09. The van der Waals surface area contributed by atoms with Crippen molar-refractivity contribution >= 4 is 47.4 Å². The van der Waals surface area contributed by atoms with Gasteiger partial charge in [0.15, 0.2) is 5.96 Å². The molecule has 1 aromatic rings. The maximum absolute atomic E-state index is 6.09. The van der Waals surface area contributed by atoms with E-state index in [-0.39, 0.29) is 24.0 Å². The van der Waals surface area contributed by atoms with E-state index >= 15 is 0 Å². The fourth-order valence-corrected chi connectivity index (χ4v) is 4.30. The van der Waals surface area contributed by atoms with Gasteiger partial charge < -0.3 is 15.5 Å². The number of para-hydroxylation sites is 1. The number of anilines is 1. The summed E-state index contributed by atoms with van der Waals surface area (Å²) in [5.41, 5.74) is 7.44. The van der Waals surface area contributed by atoms with E-state index in [9.17, 15) is 0 Å². The quantitative estimate of drug-likeness (QED) is 0.288. The molecular weight excluding hydrogens is 457 g/mol. The highest BCUT2D eigenvalue weighted by molar-refractivity contribution is 14.0. The highest BCUT2D eigenvalue weighted by Crippen LogP contribution is 2.15. The molecule has 0 aromatic heterocycles. The first-order chi connectivity index (χ1) is 12.3. The first-order valence-corrected chi connectivity index (χ1v) is 10.6. The van der Waals surface area contributed by atoms with Crippen molar-refractivity contribution in [2.75, 3.05) is 68.8 Å². The maximum atomic E-state index is 6.09. The van der Waals surface area contributed by atoms with Crippen LogP contribution >= 0.6 is 35.7 Å². The van der Waals surface area contributed by atoms with Crippen molar-refractivity contribution in [1.29, 1.82) is 0 Å². The number of unbranched alkanes of at least 4 members (excludes halogenated alkanes) is 1. The van der Waals surface area contributed by atoms with Crippen LogP contribution in [0.4, 0.5) is 5.69 Å². The lowest BCUT2D eigenvalue weighted by Crippen LogP contribution is -2.46. The summed E-state index contributed by atoms with van der Waals surface area (Å²) in [6, 6.07) is 10.7. The molecule has 1 aromatic carbocycles. The Morgan fingerprint density at radius 2 is 1.65 bits per heavy atom. The van der Waals surface area contributed by atoms with Gasteiger partial charge in [-0.15, -0.1) is 24.0 Å². The zero-order valence-electron chi connectivity index (χ0n) is 15.6. The molecule has 0 aliphatic carbocycles. The van der Waals surface area contributed by atoms with E-state index in [0.29, 0.717) is 0 Å². The molecule has 3 rings (SSSR count). The average molecular weight is 489 g/mol. The number of halogens is 1. The predicted molar refractivity (Wildman–Crippen MR) is 125 cm³/mol. The van der Waals surface area contributed by atoms with Crippen LogP contribution in [0.3, 0.4) is 0 Å². The van der Waals surface area contributed by atoms with Crippen LogP contribution in [0.1, 0.15) is 12.8 Å². The SMILES string of the molecule is I.NC(=NCCCCN1CCN(c2ccccc2)CC1)N1CCSCC1. The highest BCUT2D eigenvalue weighted by atomic mass is 127. The van der Waals surface area contributed by atoms with E-state index < -0.39 is 0 Å². The molecule has 2 saturated heterocycles. The molecule has 0 atom stereocenters. The normalized spacial score (nSPS) is 19.3. The Morgan fingerprint density at radius 1 is 0.962 bits per heavy atom. The average Bonchev–Trinajstić information content (AvgIpc) is 2.69. The second-order valence-corrected chi connectivity index (χ2v) is 7.94. The number of guanidine groups is 1. The van der Waals surface area contributed by atoms with Crippen LogP contribution < -0.4 is 10.6 Å².